The zero-order valence-corrected chi connectivity index (χ0v) is 21.5. The summed E-state index contributed by atoms with van der Waals surface area (Å²) in [6.45, 7) is 2.64. The molecule has 4 rings (SSSR count). The molecule has 1 atom stereocenters. The molecule has 0 saturated carbocycles. The van der Waals surface area contributed by atoms with Crippen molar-refractivity contribution in [2.45, 2.75) is 25.8 Å². The van der Waals surface area contributed by atoms with Crippen molar-refractivity contribution in [1.29, 1.82) is 0 Å². The lowest BCUT2D eigenvalue weighted by atomic mass is 10.1. The van der Waals surface area contributed by atoms with Crippen molar-refractivity contribution in [3.8, 4) is 5.75 Å². The van der Waals surface area contributed by atoms with Crippen molar-refractivity contribution >= 4 is 23.2 Å². The first kappa shape index (κ1) is 26.5. The summed E-state index contributed by atoms with van der Waals surface area (Å²) < 4.78 is 5.88. The summed E-state index contributed by atoms with van der Waals surface area (Å²) in [5.74, 6) is 0.345. The number of aryl methyl sites for hydroxylation is 1. The van der Waals surface area contributed by atoms with Crippen LogP contribution in [0.25, 0.3) is 0 Å². The summed E-state index contributed by atoms with van der Waals surface area (Å²) >= 11 is 0. The van der Waals surface area contributed by atoms with E-state index in [-0.39, 0.29) is 24.4 Å². The zero-order valence-electron chi connectivity index (χ0n) is 21.5. The highest BCUT2D eigenvalue weighted by Gasteiger charge is 2.12. The van der Waals surface area contributed by atoms with E-state index in [2.05, 4.69) is 28.1 Å². The molecule has 0 saturated heterocycles. The fourth-order valence-electron chi connectivity index (χ4n) is 4.04. The first-order valence-electron chi connectivity index (χ1n) is 12.8. The Balaban J connectivity index is 1.23. The molecule has 0 heterocycles. The molecule has 0 aliphatic heterocycles. The minimum absolute atomic E-state index is 0.0823. The Labute approximate surface area is 224 Å². The topological polar surface area (TPSA) is 79.5 Å². The summed E-state index contributed by atoms with van der Waals surface area (Å²) in [4.78, 5) is 25.3. The van der Waals surface area contributed by atoms with Gasteiger partial charge in [0.15, 0.2) is 0 Å². The number of amides is 2. The van der Waals surface area contributed by atoms with E-state index < -0.39 is 0 Å². The molecule has 3 N–H and O–H groups in total. The van der Waals surface area contributed by atoms with Crippen LogP contribution in [0.1, 0.15) is 40.9 Å². The second kappa shape index (κ2) is 13.7. The van der Waals surface area contributed by atoms with Gasteiger partial charge >= 0.3 is 0 Å². The zero-order chi connectivity index (χ0) is 26.6. The second-order valence-corrected chi connectivity index (χ2v) is 9.05. The molecule has 0 fully saturated rings. The Morgan fingerprint density at radius 3 is 2.29 bits per heavy atom. The van der Waals surface area contributed by atoms with Gasteiger partial charge in [-0.1, -0.05) is 72.8 Å². The molecule has 6 nitrogen and oxygen atoms in total. The molecular formula is C32H33N3O3. The average Bonchev–Trinajstić information content (AvgIpc) is 2.95. The van der Waals surface area contributed by atoms with Gasteiger partial charge in [-0.2, -0.15) is 0 Å². The summed E-state index contributed by atoms with van der Waals surface area (Å²) in [5.41, 5.74) is 4.16. The van der Waals surface area contributed by atoms with Crippen molar-refractivity contribution in [2.24, 2.45) is 0 Å². The number of carbonyl (C=O) groups excluding carboxylic acids is 2. The lowest BCUT2D eigenvalue weighted by Gasteiger charge is -2.15. The fourth-order valence-corrected chi connectivity index (χ4v) is 4.04. The molecule has 0 bridgehead atoms. The molecule has 2 amide bonds. The number of carbonyl (C=O) groups is 2. The van der Waals surface area contributed by atoms with E-state index in [4.69, 9.17) is 4.74 Å². The first-order chi connectivity index (χ1) is 18.6. The number of anilines is 2. The number of hydrogen-bond donors (Lipinski definition) is 3. The van der Waals surface area contributed by atoms with Gasteiger partial charge < -0.3 is 20.7 Å². The predicted molar refractivity (Wildman–Crippen MR) is 153 cm³/mol. The van der Waals surface area contributed by atoms with Gasteiger partial charge in [0.25, 0.3) is 5.91 Å². The van der Waals surface area contributed by atoms with Gasteiger partial charge in [0.1, 0.15) is 5.75 Å². The summed E-state index contributed by atoms with van der Waals surface area (Å²) in [6.07, 6.45) is 1.89. The van der Waals surface area contributed by atoms with E-state index in [1.807, 2.05) is 79.7 Å². The third-order valence-corrected chi connectivity index (χ3v) is 6.06. The maximum absolute atomic E-state index is 12.7. The van der Waals surface area contributed by atoms with Gasteiger partial charge in [0, 0.05) is 23.0 Å². The highest BCUT2D eigenvalue weighted by molar-refractivity contribution is 5.98. The van der Waals surface area contributed by atoms with Crippen LogP contribution in [0.15, 0.2) is 109 Å². The predicted octanol–water partition coefficient (Wildman–Crippen LogP) is 6.24. The van der Waals surface area contributed by atoms with Gasteiger partial charge in [-0.05, 0) is 61.2 Å². The third kappa shape index (κ3) is 8.23. The Morgan fingerprint density at radius 1 is 0.789 bits per heavy atom. The molecule has 6 heteroatoms. The van der Waals surface area contributed by atoms with Crippen LogP contribution in [0, 0.1) is 0 Å². The Hall–Kier alpha value is -4.58. The highest BCUT2D eigenvalue weighted by Crippen LogP contribution is 2.18. The monoisotopic (exact) mass is 507 g/mol. The smallest absolute Gasteiger partial charge is 0.251 e. The quantitative estimate of drug-likeness (QED) is 0.198. The minimum Gasteiger partial charge on any atom is -0.494 e. The van der Waals surface area contributed by atoms with Crippen LogP contribution < -0.4 is 20.7 Å². The van der Waals surface area contributed by atoms with Gasteiger partial charge in [-0.3, -0.25) is 9.59 Å². The van der Waals surface area contributed by atoms with E-state index in [9.17, 15) is 9.59 Å². The van der Waals surface area contributed by atoms with Crippen molar-refractivity contribution in [3.05, 3.63) is 126 Å². The van der Waals surface area contributed by atoms with E-state index >= 15 is 0 Å². The minimum atomic E-state index is -0.214. The number of rotatable bonds is 12. The van der Waals surface area contributed by atoms with Gasteiger partial charge in [0.2, 0.25) is 5.91 Å². The number of nitrogens with one attached hydrogen (secondary N) is 3. The van der Waals surface area contributed by atoms with Gasteiger partial charge in [-0.15, -0.1) is 0 Å². The normalized spacial score (nSPS) is 11.3. The number of benzene rings is 4. The van der Waals surface area contributed by atoms with Crippen LogP contribution in [-0.4, -0.2) is 25.0 Å². The second-order valence-electron chi connectivity index (χ2n) is 9.05. The molecule has 0 aromatic heterocycles. The largest absolute Gasteiger partial charge is 0.494 e. The molecule has 0 aliphatic rings. The molecule has 4 aromatic rings. The molecule has 38 heavy (non-hydrogen) atoms. The first-order valence-corrected chi connectivity index (χ1v) is 12.8. The van der Waals surface area contributed by atoms with Gasteiger partial charge in [0.05, 0.1) is 19.2 Å². The lowest BCUT2D eigenvalue weighted by molar-refractivity contribution is -0.114. The van der Waals surface area contributed by atoms with E-state index in [1.165, 1.54) is 5.56 Å². The van der Waals surface area contributed by atoms with Crippen LogP contribution in [0.4, 0.5) is 11.4 Å². The molecule has 4 aromatic carbocycles. The Morgan fingerprint density at radius 2 is 1.50 bits per heavy atom. The Kier molecular flexibility index (Phi) is 9.51. The fraction of sp³-hybridized carbons (Fsp3) is 0.188. The van der Waals surface area contributed by atoms with Crippen molar-refractivity contribution in [1.82, 2.24) is 5.32 Å². The lowest BCUT2D eigenvalue weighted by Crippen LogP contribution is -2.27. The third-order valence-electron chi connectivity index (χ3n) is 6.06. The van der Waals surface area contributed by atoms with E-state index in [0.717, 1.165) is 29.8 Å². The molecule has 1 unspecified atom stereocenters. The molecule has 0 aliphatic carbocycles. The maximum Gasteiger partial charge on any atom is 0.251 e. The summed E-state index contributed by atoms with van der Waals surface area (Å²) in [5, 5.41) is 8.98. The highest BCUT2D eigenvalue weighted by atomic mass is 16.5. The van der Waals surface area contributed by atoms with Crippen LogP contribution >= 0.6 is 0 Å². The van der Waals surface area contributed by atoms with Crippen LogP contribution in [0.2, 0.25) is 0 Å². The number of ether oxygens (including phenoxy) is 1. The van der Waals surface area contributed by atoms with Crippen LogP contribution in [0.5, 0.6) is 5.75 Å². The summed E-state index contributed by atoms with van der Waals surface area (Å²) in [7, 11) is 0. The maximum atomic E-state index is 12.7. The average molecular weight is 508 g/mol. The van der Waals surface area contributed by atoms with Crippen LogP contribution in [0.3, 0.4) is 0 Å². The molecular weight excluding hydrogens is 474 g/mol. The molecule has 0 spiro atoms. The standard InChI is InChI=1S/C32H33N3O3/c1-24(26-14-6-3-7-15-26)34-32(37)27-16-8-18-29(21-27)35-31(36)23-33-28-17-9-19-30(22-28)38-20-10-13-25-11-4-2-5-12-25/h2-9,11-12,14-19,21-22,24,33H,10,13,20,23H2,1H3,(H,34,37)(H,35,36). The van der Waals surface area contributed by atoms with E-state index in [0.29, 0.717) is 17.9 Å². The van der Waals surface area contributed by atoms with Crippen LogP contribution in [-0.2, 0) is 11.2 Å². The SMILES string of the molecule is CC(NC(=O)c1cccc(NC(=O)CNc2cccc(OCCCc3ccccc3)c2)c1)c1ccccc1. The Bertz CT molecular complexity index is 1330. The van der Waals surface area contributed by atoms with Crippen molar-refractivity contribution < 1.29 is 14.3 Å². The molecule has 0 radical (unpaired) electrons. The van der Waals surface area contributed by atoms with Crippen molar-refractivity contribution in [2.75, 3.05) is 23.8 Å². The van der Waals surface area contributed by atoms with Crippen molar-refractivity contribution in [3.63, 3.8) is 0 Å². The summed E-state index contributed by atoms with van der Waals surface area (Å²) in [6, 6.07) is 34.5. The van der Waals surface area contributed by atoms with E-state index in [1.54, 1.807) is 24.3 Å². The molecule has 194 valence electrons. The van der Waals surface area contributed by atoms with Gasteiger partial charge in [-0.25, -0.2) is 0 Å². The number of hydrogen-bond acceptors (Lipinski definition) is 4.